The molecule has 2 aromatic carbocycles. The number of benzene rings is 2. The van der Waals surface area contributed by atoms with Crippen molar-refractivity contribution >= 4 is 18.3 Å². The van der Waals surface area contributed by atoms with Gasteiger partial charge in [-0.2, -0.15) is 0 Å². The van der Waals surface area contributed by atoms with Crippen molar-refractivity contribution in [2.24, 2.45) is 5.73 Å². The van der Waals surface area contributed by atoms with Gasteiger partial charge < -0.3 is 15.8 Å². The summed E-state index contributed by atoms with van der Waals surface area (Å²) < 4.78 is 5.79. The van der Waals surface area contributed by atoms with Gasteiger partial charge in [-0.05, 0) is 49.6 Å². The molecule has 0 fully saturated rings. The molecule has 0 spiro atoms. The van der Waals surface area contributed by atoms with Crippen LogP contribution in [0.3, 0.4) is 0 Å². The maximum absolute atomic E-state index is 12.2. The molecule has 0 aliphatic rings. The van der Waals surface area contributed by atoms with Crippen LogP contribution in [0.25, 0.3) is 0 Å². The molecular weight excluding hydrogens is 336 g/mol. The summed E-state index contributed by atoms with van der Waals surface area (Å²) in [6.07, 6.45) is 0. The van der Waals surface area contributed by atoms with Gasteiger partial charge in [0.2, 0.25) is 0 Å². The van der Waals surface area contributed by atoms with E-state index in [2.05, 4.69) is 11.4 Å². The molecule has 0 atom stereocenters. The summed E-state index contributed by atoms with van der Waals surface area (Å²) in [6, 6.07) is 15.4. The first kappa shape index (κ1) is 21.2. The average Bonchev–Trinajstić information content (AvgIpc) is 2.58. The van der Waals surface area contributed by atoms with Crippen LogP contribution in [-0.4, -0.2) is 11.5 Å². The number of nitrogens with one attached hydrogen (secondary N) is 1. The van der Waals surface area contributed by atoms with E-state index in [1.807, 2.05) is 51.1 Å². The van der Waals surface area contributed by atoms with E-state index in [0.29, 0.717) is 25.3 Å². The number of ether oxygens (including phenoxy) is 1. The summed E-state index contributed by atoms with van der Waals surface area (Å²) in [5.41, 5.74) is 9.20. The van der Waals surface area contributed by atoms with Crippen LogP contribution in [0.5, 0.6) is 0 Å². The fraction of sp³-hybridized carbons (Fsp3) is 0.350. The molecule has 5 heteroatoms. The largest absolute Gasteiger partial charge is 0.371 e. The molecule has 2 rings (SSSR count). The molecule has 0 radical (unpaired) electrons. The molecule has 0 heterocycles. The third-order valence-corrected chi connectivity index (χ3v) is 3.57. The van der Waals surface area contributed by atoms with Gasteiger partial charge >= 0.3 is 0 Å². The molecule has 3 N–H and O–H groups in total. The highest BCUT2D eigenvalue weighted by Crippen LogP contribution is 2.13. The van der Waals surface area contributed by atoms with Crippen LogP contribution in [0.2, 0.25) is 0 Å². The van der Waals surface area contributed by atoms with E-state index in [9.17, 15) is 4.79 Å². The smallest absolute Gasteiger partial charge is 0.251 e. The van der Waals surface area contributed by atoms with Crippen LogP contribution < -0.4 is 11.1 Å². The summed E-state index contributed by atoms with van der Waals surface area (Å²) in [5.74, 6) is -0.0880. The predicted octanol–water partition coefficient (Wildman–Crippen LogP) is 3.81. The van der Waals surface area contributed by atoms with Gasteiger partial charge in [0.1, 0.15) is 0 Å². The molecule has 2 aromatic rings. The van der Waals surface area contributed by atoms with Crippen molar-refractivity contribution in [1.29, 1.82) is 0 Å². The average molecular weight is 363 g/mol. The third kappa shape index (κ3) is 7.26. The van der Waals surface area contributed by atoms with Crippen molar-refractivity contribution in [3.63, 3.8) is 0 Å². The van der Waals surface area contributed by atoms with Crippen LogP contribution in [-0.2, 0) is 24.4 Å². The third-order valence-electron chi connectivity index (χ3n) is 3.57. The minimum atomic E-state index is -0.167. The molecule has 4 nitrogen and oxygen atoms in total. The quantitative estimate of drug-likeness (QED) is 0.821. The van der Waals surface area contributed by atoms with Gasteiger partial charge in [0, 0.05) is 18.7 Å². The van der Waals surface area contributed by atoms with Crippen LogP contribution in [0.15, 0.2) is 48.5 Å². The highest BCUT2D eigenvalue weighted by molar-refractivity contribution is 5.94. The fourth-order valence-corrected chi connectivity index (χ4v) is 2.21. The first-order valence-electron chi connectivity index (χ1n) is 8.16. The summed E-state index contributed by atoms with van der Waals surface area (Å²) in [6.45, 7) is 7.63. The van der Waals surface area contributed by atoms with Gasteiger partial charge in [-0.25, -0.2) is 0 Å². The summed E-state index contributed by atoms with van der Waals surface area (Å²) in [7, 11) is 0. The molecule has 0 saturated carbocycles. The van der Waals surface area contributed by atoms with E-state index in [4.69, 9.17) is 10.5 Å². The van der Waals surface area contributed by atoms with Gasteiger partial charge in [0.25, 0.3) is 5.91 Å². The summed E-state index contributed by atoms with van der Waals surface area (Å²) in [4.78, 5) is 12.2. The number of nitrogens with two attached hydrogens (primary N) is 1. The Morgan fingerprint density at radius 2 is 1.68 bits per heavy atom. The molecule has 0 aliphatic carbocycles. The van der Waals surface area contributed by atoms with Crippen molar-refractivity contribution < 1.29 is 9.53 Å². The van der Waals surface area contributed by atoms with Crippen molar-refractivity contribution in [3.8, 4) is 0 Å². The number of amides is 1. The highest BCUT2D eigenvalue weighted by atomic mass is 35.5. The first-order chi connectivity index (χ1) is 11.4. The Morgan fingerprint density at radius 1 is 1.04 bits per heavy atom. The van der Waals surface area contributed by atoms with Crippen LogP contribution in [0.4, 0.5) is 0 Å². The van der Waals surface area contributed by atoms with Gasteiger partial charge in [-0.3, -0.25) is 4.79 Å². The molecule has 0 bridgehead atoms. The Bertz CT molecular complexity index is 679. The topological polar surface area (TPSA) is 64.3 Å². The van der Waals surface area contributed by atoms with E-state index in [0.717, 1.165) is 16.7 Å². The Balaban J connectivity index is 0.00000312. The Morgan fingerprint density at radius 3 is 2.28 bits per heavy atom. The Hall–Kier alpha value is -1.88. The number of hydrogen-bond acceptors (Lipinski definition) is 3. The molecule has 0 aliphatic heterocycles. The zero-order valence-corrected chi connectivity index (χ0v) is 15.9. The fourth-order valence-electron chi connectivity index (χ4n) is 2.21. The standard InChI is InChI=1S/C20H26N2O2.ClH/c1-20(2,3)24-14-17-6-4-5-16(11-17)13-22-19(23)18-9-7-15(12-21)8-10-18;/h4-11H,12-14,21H2,1-3H3,(H,22,23);1H. The van der Waals surface area contributed by atoms with Gasteiger partial charge in [-0.1, -0.05) is 36.4 Å². The molecule has 1 amide bonds. The lowest BCUT2D eigenvalue weighted by Gasteiger charge is -2.19. The van der Waals surface area contributed by atoms with Crippen LogP contribution in [0, 0.1) is 0 Å². The molecule has 0 saturated heterocycles. The maximum atomic E-state index is 12.2. The number of halogens is 1. The van der Waals surface area contributed by atoms with Gasteiger partial charge in [-0.15, -0.1) is 12.4 Å². The summed E-state index contributed by atoms with van der Waals surface area (Å²) in [5, 5.41) is 2.94. The van der Waals surface area contributed by atoms with E-state index < -0.39 is 0 Å². The van der Waals surface area contributed by atoms with Crippen LogP contribution >= 0.6 is 12.4 Å². The Labute approximate surface area is 156 Å². The zero-order chi connectivity index (χ0) is 17.6. The molecule has 25 heavy (non-hydrogen) atoms. The number of carbonyl (C=O) groups excluding carboxylic acids is 1. The van der Waals surface area contributed by atoms with Gasteiger partial charge in [0.05, 0.1) is 12.2 Å². The second kappa shape index (κ2) is 9.56. The second-order valence-electron chi connectivity index (χ2n) is 6.80. The number of carbonyl (C=O) groups is 1. The van der Waals surface area contributed by atoms with E-state index >= 15 is 0 Å². The SMILES string of the molecule is CC(C)(C)OCc1cccc(CNC(=O)c2ccc(CN)cc2)c1.Cl. The van der Waals surface area contributed by atoms with Crippen LogP contribution in [0.1, 0.15) is 47.8 Å². The minimum Gasteiger partial charge on any atom is -0.371 e. The molecule has 0 unspecified atom stereocenters. The molecular formula is C20H27ClN2O2. The lowest BCUT2D eigenvalue weighted by atomic mass is 10.1. The van der Waals surface area contributed by atoms with Crippen molar-refractivity contribution in [3.05, 3.63) is 70.8 Å². The second-order valence-corrected chi connectivity index (χ2v) is 6.80. The number of hydrogen-bond donors (Lipinski definition) is 2. The minimum absolute atomic E-state index is 0. The predicted molar refractivity (Wildman–Crippen MR) is 104 cm³/mol. The van der Waals surface area contributed by atoms with E-state index in [1.165, 1.54) is 0 Å². The van der Waals surface area contributed by atoms with Crippen molar-refractivity contribution in [2.45, 2.75) is 46.1 Å². The number of rotatable bonds is 6. The maximum Gasteiger partial charge on any atom is 0.251 e. The van der Waals surface area contributed by atoms with Crippen molar-refractivity contribution in [2.75, 3.05) is 0 Å². The first-order valence-corrected chi connectivity index (χ1v) is 8.16. The van der Waals surface area contributed by atoms with Crippen molar-refractivity contribution in [1.82, 2.24) is 5.32 Å². The van der Waals surface area contributed by atoms with E-state index in [-0.39, 0.29) is 23.9 Å². The lowest BCUT2D eigenvalue weighted by Crippen LogP contribution is -2.23. The summed E-state index contributed by atoms with van der Waals surface area (Å²) >= 11 is 0. The Kier molecular flexibility index (Phi) is 8.10. The molecule has 136 valence electrons. The zero-order valence-electron chi connectivity index (χ0n) is 15.0. The molecule has 0 aromatic heterocycles. The lowest BCUT2D eigenvalue weighted by molar-refractivity contribution is -0.0149. The normalized spacial score (nSPS) is 10.9. The monoisotopic (exact) mass is 362 g/mol. The highest BCUT2D eigenvalue weighted by Gasteiger charge is 2.10. The van der Waals surface area contributed by atoms with Gasteiger partial charge in [0.15, 0.2) is 0 Å². The van der Waals surface area contributed by atoms with E-state index in [1.54, 1.807) is 12.1 Å².